The fourth-order valence-electron chi connectivity index (χ4n) is 1.32. The summed E-state index contributed by atoms with van der Waals surface area (Å²) in [5.41, 5.74) is 9.16. The van der Waals surface area contributed by atoms with Crippen LogP contribution in [0.4, 0.5) is 4.39 Å². The van der Waals surface area contributed by atoms with Gasteiger partial charge in [0.2, 0.25) is 5.91 Å². The number of amides is 1. The lowest BCUT2D eigenvalue weighted by Crippen LogP contribution is -2.37. The first kappa shape index (κ1) is 12.6. The molecule has 0 spiro atoms. The number of hydrazine groups is 1. The number of rotatable bonds is 4. The predicted molar refractivity (Wildman–Crippen MR) is 59.8 cm³/mol. The van der Waals surface area contributed by atoms with Crippen molar-refractivity contribution in [2.75, 3.05) is 14.1 Å². The SMILES string of the molecule is CN(C)NC(=O)CC(N)c1ccc(F)cc1. The summed E-state index contributed by atoms with van der Waals surface area (Å²) >= 11 is 0. The average molecular weight is 225 g/mol. The third-order valence-electron chi connectivity index (χ3n) is 2.05. The van der Waals surface area contributed by atoms with Gasteiger partial charge in [0.05, 0.1) is 0 Å². The number of nitrogens with one attached hydrogen (secondary N) is 1. The molecule has 1 amide bonds. The average Bonchev–Trinajstić information content (AvgIpc) is 2.16. The third kappa shape index (κ3) is 3.96. The highest BCUT2D eigenvalue weighted by Crippen LogP contribution is 2.14. The van der Waals surface area contributed by atoms with Crippen LogP contribution in [0, 0.1) is 5.82 Å². The molecule has 0 fully saturated rings. The van der Waals surface area contributed by atoms with Crippen molar-refractivity contribution in [1.29, 1.82) is 0 Å². The lowest BCUT2D eigenvalue weighted by molar-refractivity contribution is -0.125. The van der Waals surface area contributed by atoms with Crippen LogP contribution in [0.5, 0.6) is 0 Å². The third-order valence-corrected chi connectivity index (χ3v) is 2.05. The van der Waals surface area contributed by atoms with Crippen LogP contribution in [-0.2, 0) is 4.79 Å². The highest BCUT2D eigenvalue weighted by Gasteiger charge is 2.11. The van der Waals surface area contributed by atoms with Gasteiger partial charge in [0, 0.05) is 26.6 Å². The number of nitrogens with zero attached hydrogens (tertiary/aromatic N) is 1. The van der Waals surface area contributed by atoms with Gasteiger partial charge in [-0.15, -0.1) is 0 Å². The zero-order valence-electron chi connectivity index (χ0n) is 9.40. The Hall–Kier alpha value is -1.46. The van der Waals surface area contributed by atoms with Gasteiger partial charge in [-0.1, -0.05) is 12.1 Å². The quantitative estimate of drug-likeness (QED) is 0.745. The number of carbonyl (C=O) groups is 1. The molecule has 4 nitrogen and oxygen atoms in total. The van der Waals surface area contributed by atoms with Gasteiger partial charge in [-0.2, -0.15) is 0 Å². The first-order chi connectivity index (χ1) is 7.49. The largest absolute Gasteiger partial charge is 0.324 e. The number of halogens is 1. The topological polar surface area (TPSA) is 58.4 Å². The predicted octanol–water partition coefficient (Wildman–Crippen LogP) is 0.808. The Morgan fingerprint density at radius 3 is 2.50 bits per heavy atom. The minimum atomic E-state index is -0.416. The van der Waals surface area contributed by atoms with Crippen molar-refractivity contribution >= 4 is 5.91 Å². The zero-order valence-corrected chi connectivity index (χ0v) is 9.40. The summed E-state index contributed by atoms with van der Waals surface area (Å²) < 4.78 is 12.7. The van der Waals surface area contributed by atoms with Gasteiger partial charge < -0.3 is 5.73 Å². The summed E-state index contributed by atoms with van der Waals surface area (Å²) in [6, 6.07) is 5.42. The van der Waals surface area contributed by atoms with Gasteiger partial charge >= 0.3 is 0 Å². The van der Waals surface area contributed by atoms with Crippen molar-refractivity contribution in [2.45, 2.75) is 12.5 Å². The van der Waals surface area contributed by atoms with Crippen molar-refractivity contribution in [3.05, 3.63) is 35.6 Å². The Labute approximate surface area is 94.2 Å². The van der Waals surface area contributed by atoms with E-state index < -0.39 is 6.04 Å². The van der Waals surface area contributed by atoms with E-state index in [2.05, 4.69) is 5.43 Å². The van der Waals surface area contributed by atoms with E-state index in [-0.39, 0.29) is 18.1 Å². The second-order valence-corrected chi connectivity index (χ2v) is 3.79. The maximum absolute atomic E-state index is 12.7. The fourth-order valence-corrected chi connectivity index (χ4v) is 1.32. The van der Waals surface area contributed by atoms with Crippen LogP contribution in [0.25, 0.3) is 0 Å². The van der Waals surface area contributed by atoms with E-state index in [9.17, 15) is 9.18 Å². The molecule has 1 rings (SSSR count). The molecule has 0 aromatic heterocycles. The van der Waals surface area contributed by atoms with Crippen LogP contribution < -0.4 is 11.2 Å². The molecule has 1 atom stereocenters. The second kappa shape index (κ2) is 5.58. The summed E-state index contributed by atoms with van der Waals surface area (Å²) in [5, 5.41) is 1.56. The molecule has 0 aliphatic rings. The molecule has 0 saturated heterocycles. The molecule has 1 unspecified atom stereocenters. The molecule has 5 heteroatoms. The van der Waals surface area contributed by atoms with Crippen LogP contribution in [0.3, 0.4) is 0 Å². The number of nitrogens with two attached hydrogens (primary N) is 1. The second-order valence-electron chi connectivity index (χ2n) is 3.79. The van der Waals surface area contributed by atoms with Crippen molar-refractivity contribution in [1.82, 2.24) is 10.4 Å². The highest BCUT2D eigenvalue weighted by molar-refractivity contribution is 5.76. The van der Waals surface area contributed by atoms with Crippen LogP contribution >= 0.6 is 0 Å². The van der Waals surface area contributed by atoms with E-state index in [0.717, 1.165) is 5.56 Å². The van der Waals surface area contributed by atoms with E-state index in [1.54, 1.807) is 31.2 Å². The van der Waals surface area contributed by atoms with E-state index >= 15 is 0 Å². The molecule has 0 aliphatic heterocycles. The minimum absolute atomic E-state index is 0.165. The van der Waals surface area contributed by atoms with Gasteiger partial charge in [0.15, 0.2) is 0 Å². The van der Waals surface area contributed by atoms with Crippen molar-refractivity contribution in [3.8, 4) is 0 Å². The molecular weight excluding hydrogens is 209 g/mol. The standard InChI is InChI=1S/C11H16FN3O/c1-15(2)14-11(16)7-10(13)8-3-5-9(12)6-4-8/h3-6,10H,7,13H2,1-2H3,(H,14,16). The molecular formula is C11H16FN3O. The lowest BCUT2D eigenvalue weighted by Gasteiger charge is -2.15. The summed E-state index contributed by atoms with van der Waals surface area (Å²) in [6.07, 6.45) is 0.170. The molecule has 3 N–H and O–H groups in total. The maximum atomic E-state index is 12.7. The zero-order chi connectivity index (χ0) is 12.1. The molecule has 0 radical (unpaired) electrons. The van der Waals surface area contributed by atoms with E-state index in [0.29, 0.717) is 0 Å². The highest BCUT2D eigenvalue weighted by atomic mass is 19.1. The van der Waals surface area contributed by atoms with Gasteiger partial charge in [-0.25, -0.2) is 9.40 Å². The normalized spacial score (nSPS) is 12.6. The monoisotopic (exact) mass is 225 g/mol. The summed E-state index contributed by atoms with van der Waals surface area (Å²) in [4.78, 5) is 11.4. The first-order valence-corrected chi connectivity index (χ1v) is 4.97. The molecule has 1 aromatic carbocycles. The molecule has 0 aliphatic carbocycles. The Kier molecular flexibility index (Phi) is 4.39. The summed E-state index contributed by atoms with van der Waals surface area (Å²) in [5.74, 6) is -0.476. The van der Waals surface area contributed by atoms with Crippen LogP contribution in [0.2, 0.25) is 0 Å². The first-order valence-electron chi connectivity index (χ1n) is 4.97. The Morgan fingerprint density at radius 1 is 1.44 bits per heavy atom. The van der Waals surface area contributed by atoms with Crippen LogP contribution in [0.15, 0.2) is 24.3 Å². The van der Waals surface area contributed by atoms with E-state index in [1.807, 2.05) is 0 Å². The van der Waals surface area contributed by atoms with Gasteiger partial charge in [-0.05, 0) is 17.7 Å². The summed E-state index contributed by atoms with van der Waals surface area (Å²) in [7, 11) is 3.45. The van der Waals surface area contributed by atoms with Crippen molar-refractivity contribution < 1.29 is 9.18 Å². The number of benzene rings is 1. The van der Waals surface area contributed by atoms with Gasteiger partial charge in [0.25, 0.3) is 0 Å². The molecule has 1 aromatic rings. The smallest absolute Gasteiger partial charge is 0.236 e. The molecule has 0 saturated carbocycles. The van der Waals surface area contributed by atoms with E-state index in [1.165, 1.54) is 12.1 Å². The molecule has 0 bridgehead atoms. The molecule has 88 valence electrons. The van der Waals surface area contributed by atoms with Crippen LogP contribution in [0.1, 0.15) is 18.0 Å². The molecule has 16 heavy (non-hydrogen) atoms. The summed E-state index contributed by atoms with van der Waals surface area (Å²) in [6.45, 7) is 0. The number of hydrogen-bond acceptors (Lipinski definition) is 3. The lowest BCUT2D eigenvalue weighted by atomic mass is 10.0. The minimum Gasteiger partial charge on any atom is -0.324 e. The Balaban J connectivity index is 2.55. The van der Waals surface area contributed by atoms with Crippen molar-refractivity contribution in [3.63, 3.8) is 0 Å². The van der Waals surface area contributed by atoms with Gasteiger partial charge in [-0.3, -0.25) is 10.2 Å². The van der Waals surface area contributed by atoms with Crippen LogP contribution in [-0.4, -0.2) is 25.0 Å². The van der Waals surface area contributed by atoms with Crippen molar-refractivity contribution in [2.24, 2.45) is 5.73 Å². The van der Waals surface area contributed by atoms with E-state index in [4.69, 9.17) is 5.73 Å². The Morgan fingerprint density at radius 2 is 2.00 bits per heavy atom. The maximum Gasteiger partial charge on any atom is 0.236 e. The number of hydrogen-bond donors (Lipinski definition) is 2. The Bertz CT molecular complexity index is 351. The molecule has 0 heterocycles. The fraction of sp³-hybridized carbons (Fsp3) is 0.364. The van der Waals surface area contributed by atoms with Gasteiger partial charge in [0.1, 0.15) is 5.82 Å². The number of carbonyl (C=O) groups excluding carboxylic acids is 1.